The smallest absolute Gasteiger partial charge is 0.280 e. The molecule has 0 aliphatic carbocycles. The molecule has 2 saturated heterocycles. The number of hydrogen-bond donors (Lipinski definition) is 7. The number of anilines is 4. The summed E-state index contributed by atoms with van der Waals surface area (Å²) in [6.07, 6.45) is -0.519. The van der Waals surface area contributed by atoms with Gasteiger partial charge in [-0.3, -0.25) is 33.5 Å². The number of nitrogen functional groups attached to an aromatic ring is 1. The summed E-state index contributed by atoms with van der Waals surface area (Å²) >= 11 is 8.27. The first-order valence-corrected chi connectivity index (χ1v) is 19.0. The highest BCUT2D eigenvalue weighted by Crippen LogP contribution is 2.33. The number of benzene rings is 1. The van der Waals surface area contributed by atoms with E-state index in [-0.39, 0.29) is 53.4 Å². The number of hydrogen-bond acceptors (Lipinski definition) is 16. The second kappa shape index (κ2) is 17.5. The maximum Gasteiger partial charge on any atom is 0.280 e. The average Bonchev–Trinajstić information content (AvgIpc) is 3.73. The zero-order chi connectivity index (χ0) is 40.3. The normalized spacial score (nSPS) is 20.1. The number of carbonyl (C=O) groups excluding carboxylic acids is 2. The second-order valence-corrected chi connectivity index (χ2v) is 14.8. The molecule has 2 aromatic heterocycles. The van der Waals surface area contributed by atoms with E-state index in [1.54, 1.807) is 21.9 Å². The van der Waals surface area contributed by atoms with Gasteiger partial charge in [0.05, 0.1) is 30.7 Å². The lowest BCUT2D eigenvalue weighted by Gasteiger charge is -2.34. The Morgan fingerprint density at radius 1 is 1.11 bits per heavy atom. The van der Waals surface area contributed by atoms with Gasteiger partial charge in [-0.2, -0.15) is 4.98 Å². The van der Waals surface area contributed by atoms with Crippen molar-refractivity contribution in [3.8, 4) is 5.75 Å². The summed E-state index contributed by atoms with van der Waals surface area (Å²) in [4.78, 5) is 78.2. The van der Waals surface area contributed by atoms with Gasteiger partial charge in [0.25, 0.3) is 16.4 Å². The van der Waals surface area contributed by atoms with Crippen molar-refractivity contribution in [2.75, 3.05) is 94.7 Å². The van der Waals surface area contributed by atoms with Crippen molar-refractivity contribution in [3.63, 3.8) is 0 Å². The van der Waals surface area contributed by atoms with Gasteiger partial charge in [-0.15, -0.1) is 0 Å². The molecule has 0 bridgehead atoms. The number of likely N-dealkylation sites (N-methyl/N-ethyl adjacent to an activating group) is 1. The van der Waals surface area contributed by atoms with Gasteiger partial charge in [-0.1, -0.05) is 17.7 Å². The fraction of sp³-hybridized carbons (Fsp3) is 0.441. The molecular weight excluding hydrogens is 869 g/mol. The number of imidazole rings is 1. The Balaban J connectivity index is 0.908. The molecule has 2 aliphatic rings. The number of nitrogens with one attached hydrogen (secondary N) is 4. The summed E-state index contributed by atoms with van der Waals surface area (Å²) in [5.74, 6) is 0.118. The van der Waals surface area contributed by atoms with Crippen LogP contribution in [0.2, 0.25) is 5.02 Å². The third-order valence-corrected chi connectivity index (χ3v) is 11.1. The van der Waals surface area contributed by atoms with Crippen LogP contribution in [-0.4, -0.2) is 148 Å². The van der Waals surface area contributed by atoms with Crippen LogP contribution in [0.4, 0.5) is 23.0 Å². The Morgan fingerprint density at radius 3 is 2.52 bits per heavy atom. The summed E-state index contributed by atoms with van der Waals surface area (Å²) in [6.45, 7) is 2.77. The van der Waals surface area contributed by atoms with Crippen LogP contribution in [-0.2, 0) is 14.3 Å². The quantitative estimate of drug-likeness (QED) is 0.0428. The number of fused-ring (bicyclic) bond motifs is 1. The molecule has 8 N–H and O–H groups in total. The van der Waals surface area contributed by atoms with Crippen molar-refractivity contribution >= 4 is 80.2 Å². The molecule has 2 fully saturated rings. The lowest BCUT2D eigenvalue weighted by Crippen LogP contribution is -2.51. The zero-order valence-corrected chi connectivity index (χ0v) is 33.2. The van der Waals surface area contributed by atoms with Crippen LogP contribution < -0.4 is 42.8 Å². The molecule has 4 atom stereocenters. The average molecular weight is 910 g/mol. The van der Waals surface area contributed by atoms with E-state index < -0.39 is 41.0 Å². The lowest BCUT2D eigenvalue weighted by molar-refractivity contribution is -0.135. The summed E-state index contributed by atoms with van der Waals surface area (Å²) < 4.78 is 13.3. The first-order chi connectivity index (χ1) is 26.8. The topological polar surface area (TPSA) is 263 Å². The molecule has 6 rings (SSSR count). The number of nitrogens with two attached hydrogens (primary N) is 1. The second-order valence-electron chi connectivity index (χ2n) is 13.2. The van der Waals surface area contributed by atoms with Crippen LogP contribution in [0.3, 0.4) is 0 Å². The van der Waals surface area contributed by atoms with Gasteiger partial charge in [0.1, 0.15) is 35.4 Å². The molecule has 56 heavy (non-hydrogen) atoms. The molecule has 2 aromatic carbocycles. The van der Waals surface area contributed by atoms with Crippen molar-refractivity contribution in [1.29, 1.82) is 0 Å². The van der Waals surface area contributed by atoms with Gasteiger partial charge in [-0.25, -0.2) is 4.98 Å². The molecule has 300 valence electrons. The largest absolute Gasteiger partial charge is 0.495 e. The molecular formula is C34H41ClIN11O9. The number of amides is 2. The van der Waals surface area contributed by atoms with E-state index in [2.05, 4.69) is 53.5 Å². The van der Waals surface area contributed by atoms with Crippen LogP contribution >= 0.6 is 34.2 Å². The molecule has 2 aliphatic heterocycles. The maximum absolute atomic E-state index is 12.8. The fourth-order valence-corrected chi connectivity index (χ4v) is 7.01. The molecule has 4 heterocycles. The Hall–Kier alpha value is -4.81. The van der Waals surface area contributed by atoms with Crippen LogP contribution in [0.25, 0.3) is 11.2 Å². The van der Waals surface area contributed by atoms with Crippen molar-refractivity contribution in [2.24, 2.45) is 0 Å². The summed E-state index contributed by atoms with van der Waals surface area (Å²) in [5.41, 5.74) is 4.45. The first-order valence-electron chi connectivity index (χ1n) is 17.5. The Bertz CT molecular complexity index is 2250. The molecule has 20 nitrogen and oxygen atoms in total. The number of ether oxygens (including phenoxy) is 2. The Morgan fingerprint density at radius 2 is 1.80 bits per heavy atom. The Kier molecular flexibility index (Phi) is 12.8. The molecule has 2 amide bonds. The van der Waals surface area contributed by atoms with Crippen molar-refractivity contribution in [2.45, 2.75) is 24.5 Å². The van der Waals surface area contributed by atoms with Gasteiger partial charge in [0, 0.05) is 68.1 Å². The lowest BCUT2D eigenvalue weighted by atomic mass is 10.1. The molecule has 0 radical (unpaired) electrons. The SMILES string of the molecule is COc1cc(Cl)c(I)cc1NCC(=O)N1CCN(C(=O)/C=C/CN(C)CCNc2c(NC[C@H]3O[C@@H](n4cnc5c(=O)[nH]c(N)nc54)C(O)C3O)c(=O)c2=O)CC1. The number of nitrogens with zero attached hydrogens (tertiary/aromatic N) is 6. The van der Waals surface area contributed by atoms with Crippen molar-refractivity contribution in [1.82, 2.24) is 34.2 Å². The van der Waals surface area contributed by atoms with E-state index in [0.29, 0.717) is 62.3 Å². The number of halogens is 2. The van der Waals surface area contributed by atoms with E-state index in [1.165, 1.54) is 24.1 Å². The highest BCUT2D eigenvalue weighted by molar-refractivity contribution is 14.1. The maximum atomic E-state index is 12.8. The number of methoxy groups -OCH3 is 1. The van der Waals surface area contributed by atoms with E-state index >= 15 is 0 Å². The minimum absolute atomic E-state index is 0.0283. The molecule has 0 saturated carbocycles. The summed E-state index contributed by atoms with van der Waals surface area (Å²) in [6, 6.07) is 3.50. The van der Waals surface area contributed by atoms with Gasteiger partial charge in [-0.05, 0) is 35.7 Å². The number of aliphatic hydroxyl groups excluding tert-OH is 2. The highest BCUT2D eigenvalue weighted by Gasteiger charge is 2.44. The number of H-pyrrole nitrogens is 1. The van der Waals surface area contributed by atoms with Gasteiger partial charge < -0.3 is 56.1 Å². The van der Waals surface area contributed by atoms with Crippen molar-refractivity contribution < 1.29 is 29.3 Å². The van der Waals surface area contributed by atoms with Gasteiger partial charge >= 0.3 is 0 Å². The van der Waals surface area contributed by atoms with Crippen LogP contribution in [0.1, 0.15) is 6.23 Å². The third-order valence-electron chi connectivity index (χ3n) is 9.54. The number of aromatic nitrogens is 4. The predicted octanol–water partition coefficient (Wildman–Crippen LogP) is -1.02. The molecule has 22 heteroatoms. The fourth-order valence-electron chi connectivity index (χ4n) is 6.38. The van der Waals surface area contributed by atoms with E-state index in [1.807, 2.05) is 18.0 Å². The number of carbonyl (C=O) groups is 2. The Labute approximate surface area is 337 Å². The number of piperazine rings is 1. The molecule has 0 spiro atoms. The van der Waals surface area contributed by atoms with E-state index in [0.717, 1.165) is 3.57 Å². The minimum Gasteiger partial charge on any atom is -0.495 e. The number of rotatable bonds is 15. The van der Waals surface area contributed by atoms with Gasteiger partial charge in [0.15, 0.2) is 17.4 Å². The predicted molar refractivity (Wildman–Crippen MR) is 216 cm³/mol. The van der Waals surface area contributed by atoms with Crippen LogP contribution in [0, 0.1) is 3.57 Å². The number of aliphatic hydroxyl groups is 2. The first kappa shape index (κ1) is 40.8. The monoisotopic (exact) mass is 909 g/mol. The minimum atomic E-state index is -1.43. The van der Waals surface area contributed by atoms with Crippen molar-refractivity contribution in [3.05, 3.63) is 70.0 Å². The number of aromatic amines is 1. The van der Waals surface area contributed by atoms with E-state index in [4.69, 9.17) is 26.8 Å². The summed E-state index contributed by atoms with van der Waals surface area (Å²) in [5, 5.41) is 30.9. The van der Waals surface area contributed by atoms with Crippen LogP contribution in [0.15, 0.2) is 45.0 Å². The van der Waals surface area contributed by atoms with Crippen LogP contribution in [0.5, 0.6) is 5.75 Å². The summed E-state index contributed by atoms with van der Waals surface area (Å²) in [7, 11) is 3.37. The highest BCUT2D eigenvalue weighted by atomic mass is 127. The molecule has 4 aromatic rings. The molecule has 2 unspecified atom stereocenters. The van der Waals surface area contributed by atoms with E-state index in [9.17, 15) is 34.2 Å². The van der Waals surface area contributed by atoms with Gasteiger partial charge in [0.2, 0.25) is 17.8 Å². The standard InChI is InChI=1S/C34H41ClIN11O9/c1-44(6-3-4-22(48)45-8-10-46(11-9-45)23(49)15-39-19-13-18(36)17(35)12-20(19)55-2)7-5-38-24-25(29(52)28(24)51)40-14-21-27(50)30(53)33(56-21)47-16-41-26-31(47)42-34(37)43-32(26)54/h3-4,12-13,16,21,27,30,33,38-40,50,53H,5-11,14-15H2,1-2H3,(H3,37,42,43,54)/b4-3+/t21-,27?,30?,33-/m1/s1. The zero-order valence-electron chi connectivity index (χ0n) is 30.3. The third kappa shape index (κ3) is 8.76.